The number of hydrogen-bond acceptors (Lipinski definition) is 1. The molecule has 9 aromatic carbocycles. The molecular formula is C53H39N. The predicted octanol–water partition coefficient (Wildman–Crippen LogP) is 14.8. The van der Waals surface area contributed by atoms with Gasteiger partial charge in [0.05, 0.1) is 46.8 Å². The Balaban J connectivity index is 1.51. The number of anilines is 3. The first-order valence-corrected chi connectivity index (χ1v) is 16.4. The van der Waals surface area contributed by atoms with Crippen LogP contribution in [0, 0.1) is 0 Å². The highest BCUT2D eigenvalue weighted by atomic mass is 15.1. The summed E-state index contributed by atoms with van der Waals surface area (Å²) in [6.07, 6.45) is 0. The fourth-order valence-corrected chi connectivity index (χ4v) is 6.65. The molecule has 0 heterocycles. The van der Waals surface area contributed by atoms with Gasteiger partial charge in [0.15, 0.2) is 0 Å². The van der Waals surface area contributed by atoms with Gasteiger partial charge in [-0.1, -0.05) is 177 Å². The van der Waals surface area contributed by atoms with Crippen molar-refractivity contribution in [1.29, 1.82) is 0 Å². The van der Waals surface area contributed by atoms with E-state index in [0.717, 1.165) is 18.2 Å². The molecule has 1 heteroatoms. The molecule has 0 amide bonds. The normalized spacial score (nSPS) is 20.6. The lowest BCUT2D eigenvalue weighted by Crippen LogP contribution is -2.17. The Morgan fingerprint density at radius 3 is 1.91 bits per heavy atom. The molecule has 0 saturated heterocycles. The van der Waals surface area contributed by atoms with Gasteiger partial charge in [-0.2, -0.15) is 0 Å². The molecule has 54 heavy (non-hydrogen) atoms. The van der Waals surface area contributed by atoms with Crippen LogP contribution in [0.3, 0.4) is 0 Å². The van der Waals surface area contributed by atoms with Gasteiger partial charge in [-0.15, -0.1) is 0 Å². The van der Waals surface area contributed by atoms with E-state index in [-0.39, 0.29) is 22.3 Å². The van der Waals surface area contributed by atoms with Crippen molar-refractivity contribution in [3.8, 4) is 44.5 Å². The molecule has 0 bridgehead atoms. The third kappa shape index (κ3) is 5.24. The lowest BCUT2D eigenvalue weighted by atomic mass is 9.82. The van der Waals surface area contributed by atoms with E-state index in [9.17, 15) is 16.4 Å². The zero-order chi connectivity index (χ0) is 62.3. The molecular weight excluding hydrogens is 651 g/mol. The Labute approximate surface area is 359 Å². The molecule has 10 rings (SSSR count). The van der Waals surface area contributed by atoms with Crippen molar-refractivity contribution in [2.24, 2.45) is 0 Å². The average molecular weight is 720 g/mol. The monoisotopic (exact) mass is 719 g/mol. The maximum Gasteiger partial charge on any atom is 0.0648 e. The maximum atomic E-state index is 10.3. The highest BCUT2D eigenvalue weighted by molar-refractivity contribution is 6.05. The van der Waals surface area contributed by atoms with Crippen LogP contribution in [0.4, 0.5) is 17.1 Å². The van der Waals surface area contributed by atoms with Gasteiger partial charge in [0.1, 0.15) is 0 Å². The molecule has 1 aliphatic carbocycles. The van der Waals surface area contributed by atoms with Crippen molar-refractivity contribution in [2.75, 3.05) is 4.90 Å². The minimum Gasteiger partial charge on any atom is -0.310 e. The SMILES string of the molecule is [2H]c1c([2H])c([2H])c(-c2c([2H])c([2H])c(N(c3cccc(-c4c([2H])c([2H])c([2H])c5c([2H])c([2H])c([2H])c([2H])c45)c3-c3c([2H])c([2H])c4c([2H])c([2H])c([2H])c([2H])c4c3[2H])c3c([2H])c([2H])c4c(c3[2H])C(C)(C)c3c([2H])c([2H])c([2H])c([2H])c3-4)c([2H])c2[2H])c([2H])c1[2H]. The van der Waals surface area contributed by atoms with E-state index in [1.165, 1.54) is 13.8 Å². The number of benzene rings is 9. The van der Waals surface area contributed by atoms with Crippen LogP contribution in [-0.2, 0) is 5.41 Å². The molecule has 0 spiro atoms. The molecule has 0 aromatic heterocycles. The van der Waals surface area contributed by atoms with Gasteiger partial charge < -0.3 is 4.90 Å². The minimum atomic E-state index is -1.71. The number of hydrogen-bond donors (Lipinski definition) is 0. The summed E-state index contributed by atoms with van der Waals surface area (Å²) < 4.78 is 274. The van der Waals surface area contributed by atoms with E-state index in [1.807, 2.05) is 0 Å². The largest absolute Gasteiger partial charge is 0.310 e. The van der Waals surface area contributed by atoms with E-state index in [4.69, 9.17) is 24.7 Å². The Morgan fingerprint density at radius 2 is 1.06 bits per heavy atom. The standard InChI is InChI=1S/C53H39N/c1-53(2)49-24-11-10-21-46(49)47-33-32-43(35-50(47)53)54(42-30-28-38(29-31-42)36-14-4-3-5-15-36)51-25-13-23-48(45-22-12-19-39-17-8-9-20-44(39)45)52(51)41-27-26-37-16-6-7-18-40(37)34-41/h3-35H,1-2H3/i3D,4D,5D,6D,7D,8D,9D,10D,11D,12D,14D,15D,16D,17D,18D,19D,20D,21D,22D,24D,26D,27D,28D,29D,30D,31D,32D,33D,34D,35D. The molecule has 1 nitrogen and oxygen atoms in total. The highest BCUT2D eigenvalue weighted by Gasteiger charge is 2.36. The van der Waals surface area contributed by atoms with Crippen molar-refractivity contribution >= 4 is 38.6 Å². The Hall–Kier alpha value is -6.70. The van der Waals surface area contributed by atoms with Crippen molar-refractivity contribution < 1.29 is 41.1 Å². The van der Waals surface area contributed by atoms with Crippen LogP contribution in [0.5, 0.6) is 0 Å². The quantitative estimate of drug-likeness (QED) is 0.165. The zero-order valence-corrected chi connectivity index (χ0v) is 28.2. The first kappa shape index (κ1) is 13.6. The summed E-state index contributed by atoms with van der Waals surface area (Å²) in [5.74, 6) is 0. The van der Waals surface area contributed by atoms with E-state index < -0.39 is 259 Å². The van der Waals surface area contributed by atoms with Gasteiger partial charge in [0.25, 0.3) is 0 Å². The first-order valence-electron chi connectivity index (χ1n) is 31.4. The number of fused-ring (bicyclic) bond motifs is 5. The summed E-state index contributed by atoms with van der Waals surface area (Å²) in [4.78, 5) is 0.692. The lowest BCUT2D eigenvalue weighted by Gasteiger charge is -2.31. The minimum absolute atomic E-state index is 0.117. The lowest BCUT2D eigenvalue weighted by molar-refractivity contribution is 0.660. The summed E-state index contributed by atoms with van der Waals surface area (Å²) >= 11 is 0. The molecule has 0 radical (unpaired) electrons. The van der Waals surface area contributed by atoms with Gasteiger partial charge >= 0.3 is 0 Å². The van der Waals surface area contributed by atoms with Gasteiger partial charge in [0, 0.05) is 22.4 Å². The van der Waals surface area contributed by atoms with Gasteiger partial charge in [-0.3, -0.25) is 0 Å². The van der Waals surface area contributed by atoms with Crippen molar-refractivity contribution in [1.82, 2.24) is 0 Å². The molecule has 0 saturated carbocycles. The average Bonchev–Trinajstić information content (AvgIpc) is 2.61. The summed E-state index contributed by atoms with van der Waals surface area (Å²) in [6, 6.07) is -23.9. The molecule has 1 aliphatic rings. The summed E-state index contributed by atoms with van der Waals surface area (Å²) in [6.45, 7) is 2.90. The second kappa shape index (κ2) is 12.8. The molecule has 256 valence electrons. The van der Waals surface area contributed by atoms with Gasteiger partial charge in [-0.25, -0.2) is 0 Å². The van der Waals surface area contributed by atoms with Gasteiger partial charge in [-0.05, 0) is 108 Å². The molecule has 0 atom stereocenters. The fraction of sp³-hybridized carbons (Fsp3) is 0.0566. The first-order chi connectivity index (χ1) is 39.0. The third-order valence-electron chi connectivity index (χ3n) is 9.16. The summed E-state index contributed by atoms with van der Waals surface area (Å²) in [5, 5.41) is -2.55. The van der Waals surface area contributed by atoms with Gasteiger partial charge in [0.2, 0.25) is 0 Å². The molecule has 9 aromatic rings. The van der Waals surface area contributed by atoms with Crippen LogP contribution in [-0.4, -0.2) is 0 Å². The van der Waals surface area contributed by atoms with E-state index in [0.29, 0.717) is 4.90 Å². The topological polar surface area (TPSA) is 3.24 Å². The molecule has 0 N–H and O–H groups in total. The molecule has 0 aliphatic heterocycles. The summed E-state index contributed by atoms with van der Waals surface area (Å²) in [5.41, 5.74) is -9.59. The summed E-state index contributed by atoms with van der Waals surface area (Å²) in [7, 11) is 0. The Kier molecular flexibility index (Phi) is 3.22. The van der Waals surface area contributed by atoms with Crippen LogP contribution in [0.15, 0.2) is 199 Å². The van der Waals surface area contributed by atoms with Crippen LogP contribution in [0.25, 0.3) is 66.1 Å². The smallest absolute Gasteiger partial charge is 0.0648 e. The maximum absolute atomic E-state index is 10.3. The van der Waals surface area contributed by atoms with E-state index >= 15 is 0 Å². The second-order valence-corrected chi connectivity index (χ2v) is 12.6. The zero-order valence-electron chi connectivity index (χ0n) is 58.2. The Bertz CT molecular complexity index is 4520. The van der Waals surface area contributed by atoms with Crippen LogP contribution in [0.1, 0.15) is 66.1 Å². The van der Waals surface area contributed by atoms with Crippen molar-refractivity contribution in [3.63, 3.8) is 0 Å². The fourth-order valence-electron chi connectivity index (χ4n) is 6.65. The van der Waals surface area contributed by atoms with Crippen molar-refractivity contribution in [2.45, 2.75) is 19.3 Å². The number of nitrogens with zero attached hydrogens (tertiary/aromatic N) is 1. The second-order valence-electron chi connectivity index (χ2n) is 12.6. The highest BCUT2D eigenvalue weighted by Crippen LogP contribution is 2.52. The van der Waals surface area contributed by atoms with E-state index in [2.05, 4.69) is 0 Å². The van der Waals surface area contributed by atoms with Crippen LogP contribution in [0.2, 0.25) is 0 Å². The molecule has 0 unspecified atom stereocenters. The molecule has 0 fully saturated rings. The predicted molar refractivity (Wildman–Crippen MR) is 230 cm³/mol. The van der Waals surface area contributed by atoms with Crippen LogP contribution >= 0.6 is 0 Å². The number of rotatable bonds is 6. The van der Waals surface area contributed by atoms with Crippen LogP contribution < -0.4 is 4.90 Å². The van der Waals surface area contributed by atoms with Crippen molar-refractivity contribution in [3.05, 3.63) is 211 Å². The Morgan fingerprint density at radius 1 is 0.426 bits per heavy atom. The van der Waals surface area contributed by atoms with E-state index in [1.54, 1.807) is 0 Å². The third-order valence-corrected chi connectivity index (χ3v) is 9.16.